The summed E-state index contributed by atoms with van der Waals surface area (Å²) in [4.78, 5) is 13.2. The lowest BCUT2D eigenvalue weighted by Gasteiger charge is -2.15. The summed E-state index contributed by atoms with van der Waals surface area (Å²) >= 11 is 8.02. The van der Waals surface area contributed by atoms with Crippen molar-refractivity contribution in [3.8, 4) is 11.5 Å². The highest BCUT2D eigenvalue weighted by Crippen LogP contribution is 2.39. The molecule has 1 atom stereocenters. The van der Waals surface area contributed by atoms with Gasteiger partial charge in [-0.2, -0.15) is 0 Å². The molecule has 3 aromatic carbocycles. The molecule has 1 fully saturated rings. The molecule has 35 heavy (non-hydrogen) atoms. The fourth-order valence-electron chi connectivity index (χ4n) is 3.62. The Bertz CT molecular complexity index is 1210. The first-order chi connectivity index (χ1) is 16.9. The lowest BCUT2D eigenvalue weighted by molar-refractivity contribution is -0.116. The number of ether oxygens (including phenoxy) is 2. The third kappa shape index (κ3) is 6.53. The molecule has 5 nitrogen and oxygen atoms in total. The number of halogens is 1. The highest BCUT2D eigenvalue weighted by Gasteiger charge is 2.27. The zero-order valence-corrected chi connectivity index (χ0v) is 21.6. The maximum absolute atomic E-state index is 12.6. The van der Waals surface area contributed by atoms with Crippen LogP contribution in [0.15, 0.2) is 65.6 Å². The van der Waals surface area contributed by atoms with Gasteiger partial charge in [-0.15, -0.1) is 0 Å². The predicted octanol–water partition coefficient (Wildman–Crippen LogP) is 6.79. The van der Waals surface area contributed by atoms with Crippen LogP contribution in [0.2, 0.25) is 5.02 Å². The van der Waals surface area contributed by atoms with Crippen LogP contribution in [0.3, 0.4) is 0 Å². The number of rotatable bonds is 9. The lowest BCUT2D eigenvalue weighted by Crippen LogP contribution is -2.30. The van der Waals surface area contributed by atoms with Crippen LogP contribution in [0.1, 0.15) is 36.1 Å². The normalized spacial score (nSPS) is 16.3. The smallest absolute Gasteiger partial charge is 0.260 e. The molecule has 1 heterocycles. The lowest BCUT2D eigenvalue weighted by atomic mass is 10.1. The predicted molar refractivity (Wildman–Crippen MR) is 145 cm³/mol. The Hall–Kier alpha value is -3.09. The Morgan fingerprint density at radius 3 is 2.43 bits per heavy atom. The van der Waals surface area contributed by atoms with Crippen LogP contribution in [-0.4, -0.2) is 18.0 Å². The Kier molecular flexibility index (Phi) is 8.26. The first kappa shape index (κ1) is 25.0. The summed E-state index contributed by atoms with van der Waals surface area (Å²) in [6, 6.07) is 20.0. The number of thioether (sulfide) groups is 1. The summed E-state index contributed by atoms with van der Waals surface area (Å²) in [6.07, 6.45) is 2.81. The zero-order valence-electron chi connectivity index (χ0n) is 20.1. The van der Waals surface area contributed by atoms with Crippen molar-refractivity contribution in [1.82, 2.24) is 5.32 Å². The summed E-state index contributed by atoms with van der Waals surface area (Å²) in [7, 11) is 0. The van der Waals surface area contributed by atoms with E-state index in [2.05, 4.69) is 29.7 Å². The second kappa shape index (κ2) is 11.6. The molecule has 2 N–H and O–H groups in total. The minimum atomic E-state index is -0.250. The van der Waals surface area contributed by atoms with E-state index in [4.69, 9.17) is 21.1 Å². The molecule has 1 aliphatic heterocycles. The summed E-state index contributed by atoms with van der Waals surface area (Å²) in [6.45, 7) is 6.93. The van der Waals surface area contributed by atoms with Crippen LogP contribution in [0.5, 0.6) is 11.5 Å². The zero-order chi connectivity index (χ0) is 24.8. The van der Waals surface area contributed by atoms with Crippen LogP contribution in [0.4, 0.5) is 5.69 Å². The van der Waals surface area contributed by atoms with Gasteiger partial charge < -0.3 is 20.1 Å². The minimum Gasteiger partial charge on any atom is -0.490 e. The molecule has 0 aliphatic carbocycles. The van der Waals surface area contributed by atoms with E-state index in [0.29, 0.717) is 34.6 Å². The number of benzene rings is 3. The molecule has 0 unspecified atom stereocenters. The fourth-order valence-corrected chi connectivity index (χ4v) is 4.88. The largest absolute Gasteiger partial charge is 0.490 e. The Balaban J connectivity index is 1.48. The van der Waals surface area contributed by atoms with E-state index in [1.807, 2.05) is 62.4 Å². The number of anilines is 1. The van der Waals surface area contributed by atoms with E-state index in [0.717, 1.165) is 23.2 Å². The number of carbonyl (C=O) groups excluding carboxylic acids is 1. The molecule has 1 amide bonds. The van der Waals surface area contributed by atoms with Crippen molar-refractivity contribution in [2.24, 2.45) is 0 Å². The van der Waals surface area contributed by atoms with Gasteiger partial charge in [-0.1, -0.05) is 72.2 Å². The van der Waals surface area contributed by atoms with Gasteiger partial charge in [0.2, 0.25) is 0 Å². The molecular weight excluding hydrogens is 480 g/mol. The average molecular weight is 509 g/mol. The van der Waals surface area contributed by atoms with Crippen molar-refractivity contribution in [1.29, 1.82) is 0 Å². The van der Waals surface area contributed by atoms with Crippen molar-refractivity contribution >= 4 is 41.0 Å². The summed E-state index contributed by atoms with van der Waals surface area (Å²) < 4.78 is 11.8. The number of amides is 1. The van der Waals surface area contributed by atoms with Gasteiger partial charge in [-0.3, -0.25) is 4.79 Å². The van der Waals surface area contributed by atoms with Gasteiger partial charge in [0.15, 0.2) is 17.0 Å². The molecule has 3 aromatic rings. The highest BCUT2D eigenvalue weighted by atomic mass is 35.5. The van der Waals surface area contributed by atoms with Crippen LogP contribution < -0.4 is 20.1 Å². The average Bonchev–Trinajstić information content (AvgIpc) is 3.18. The molecule has 0 bridgehead atoms. The van der Waals surface area contributed by atoms with Gasteiger partial charge in [0.05, 0.1) is 16.5 Å². The maximum atomic E-state index is 12.6. The maximum Gasteiger partial charge on any atom is 0.260 e. The number of hydrogen-bond donors (Lipinski definition) is 2. The molecule has 1 saturated heterocycles. The van der Waals surface area contributed by atoms with E-state index in [1.165, 1.54) is 22.9 Å². The van der Waals surface area contributed by atoms with Crippen LogP contribution in [-0.2, 0) is 17.8 Å². The van der Waals surface area contributed by atoms with Gasteiger partial charge in [0.1, 0.15) is 6.61 Å². The van der Waals surface area contributed by atoms with Crippen molar-refractivity contribution < 1.29 is 14.3 Å². The Morgan fingerprint density at radius 1 is 1.03 bits per heavy atom. The van der Waals surface area contributed by atoms with E-state index in [-0.39, 0.29) is 11.4 Å². The van der Waals surface area contributed by atoms with Gasteiger partial charge in [-0.25, -0.2) is 0 Å². The van der Waals surface area contributed by atoms with Gasteiger partial charge in [0.25, 0.3) is 5.91 Å². The van der Waals surface area contributed by atoms with Gasteiger partial charge in [-0.05, 0) is 67.3 Å². The minimum absolute atomic E-state index is 0.133. The van der Waals surface area contributed by atoms with E-state index >= 15 is 0 Å². The quantitative estimate of drug-likeness (QED) is 0.312. The van der Waals surface area contributed by atoms with Crippen LogP contribution in [0.25, 0.3) is 6.08 Å². The molecule has 1 aliphatic rings. The first-order valence-electron chi connectivity index (χ1n) is 11.6. The van der Waals surface area contributed by atoms with Crippen molar-refractivity contribution in [2.45, 2.75) is 39.3 Å². The fraction of sp³-hybridized carbons (Fsp3) is 0.250. The van der Waals surface area contributed by atoms with Gasteiger partial charge >= 0.3 is 0 Å². The second-order valence-corrected chi connectivity index (χ2v) is 9.77. The Labute approximate surface area is 215 Å². The molecule has 0 radical (unpaired) electrons. The van der Waals surface area contributed by atoms with E-state index in [1.54, 1.807) is 6.07 Å². The number of hydrogen-bond acceptors (Lipinski definition) is 5. The standard InChI is InChI=1S/C28H29ClN2O3S/c1-4-19-10-12-22(13-11-19)30-28-31-27(32)25(35-28)16-21-14-23(29)26(24(15-21)33-5-2)34-17-20-8-6-18(3)7-9-20/h6-16,28,30H,4-5,17H2,1-3H3,(H,31,32)/b25-16-/t28-/m1/s1. The second-order valence-electron chi connectivity index (χ2n) is 8.21. The van der Waals surface area contributed by atoms with Crippen molar-refractivity contribution in [3.63, 3.8) is 0 Å². The number of nitrogens with one attached hydrogen (secondary N) is 2. The third-order valence-corrected chi connectivity index (χ3v) is 6.83. The third-order valence-electron chi connectivity index (χ3n) is 5.52. The SMILES string of the molecule is CCOc1cc(/C=C2\S[C@H](Nc3ccc(CC)cc3)NC2=O)cc(Cl)c1OCc1ccc(C)cc1. The van der Waals surface area contributed by atoms with Crippen LogP contribution in [0, 0.1) is 6.92 Å². The molecule has 0 spiro atoms. The molecule has 4 rings (SSSR count). The van der Waals surface area contributed by atoms with E-state index < -0.39 is 0 Å². The molecular formula is C28H29ClN2O3S. The Morgan fingerprint density at radius 2 is 1.74 bits per heavy atom. The van der Waals surface area contributed by atoms with Crippen molar-refractivity contribution in [2.75, 3.05) is 11.9 Å². The molecule has 182 valence electrons. The van der Waals surface area contributed by atoms with Crippen molar-refractivity contribution in [3.05, 3.63) is 92.8 Å². The number of carbonyl (C=O) groups is 1. The molecule has 0 saturated carbocycles. The molecule has 0 aromatic heterocycles. The van der Waals surface area contributed by atoms with E-state index in [9.17, 15) is 4.79 Å². The summed E-state index contributed by atoms with van der Waals surface area (Å²) in [5.41, 5.74) is 4.99. The summed E-state index contributed by atoms with van der Waals surface area (Å²) in [5, 5.41) is 6.75. The monoisotopic (exact) mass is 508 g/mol. The van der Waals surface area contributed by atoms with Gasteiger partial charge in [0, 0.05) is 5.69 Å². The van der Waals surface area contributed by atoms with Crippen LogP contribution >= 0.6 is 23.4 Å². The highest BCUT2D eigenvalue weighted by molar-refractivity contribution is 8.05. The first-order valence-corrected chi connectivity index (χ1v) is 12.9. The molecule has 7 heteroatoms. The number of aryl methyl sites for hydroxylation is 2. The summed E-state index contributed by atoms with van der Waals surface area (Å²) in [5.74, 6) is 0.911. The topological polar surface area (TPSA) is 59.6 Å².